The lowest BCUT2D eigenvalue weighted by Gasteiger charge is -2.08. The molecule has 3 aromatic carbocycles. The van der Waals surface area contributed by atoms with Crippen molar-refractivity contribution in [3.8, 4) is 34.2 Å². The van der Waals surface area contributed by atoms with Gasteiger partial charge in [0.05, 0.1) is 0 Å². The van der Waals surface area contributed by atoms with Gasteiger partial charge in [0.15, 0.2) is 17.5 Å². The number of rotatable bonds is 3. The standard InChI is InChI=1S/C21H14ClN3/c22-18-13-7-12-17(14-18)21-24-19(15-8-3-1-4-9-15)23-20(25-21)16-10-5-2-6-11-16/h1-14H. The van der Waals surface area contributed by atoms with Crippen LogP contribution in [0.25, 0.3) is 34.2 Å². The maximum Gasteiger partial charge on any atom is 0.164 e. The quantitative estimate of drug-likeness (QED) is 0.491. The summed E-state index contributed by atoms with van der Waals surface area (Å²) in [5.41, 5.74) is 2.76. The van der Waals surface area contributed by atoms with Crippen molar-refractivity contribution in [1.82, 2.24) is 15.0 Å². The van der Waals surface area contributed by atoms with Crippen LogP contribution in [0.15, 0.2) is 84.9 Å². The van der Waals surface area contributed by atoms with E-state index in [1.807, 2.05) is 84.9 Å². The number of benzene rings is 3. The molecule has 1 heterocycles. The maximum absolute atomic E-state index is 6.14. The zero-order chi connectivity index (χ0) is 17.1. The van der Waals surface area contributed by atoms with Crippen LogP contribution >= 0.6 is 11.6 Å². The van der Waals surface area contributed by atoms with Crippen molar-refractivity contribution in [3.05, 3.63) is 90.0 Å². The molecule has 3 nitrogen and oxygen atoms in total. The number of halogens is 1. The van der Waals surface area contributed by atoms with Gasteiger partial charge in [-0.3, -0.25) is 0 Å². The molecule has 4 aromatic rings. The zero-order valence-electron chi connectivity index (χ0n) is 13.3. The van der Waals surface area contributed by atoms with E-state index in [4.69, 9.17) is 11.6 Å². The molecule has 0 bridgehead atoms. The van der Waals surface area contributed by atoms with Crippen LogP contribution in [0, 0.1) is 0 Å². The van der Waals surface area contributed by atoms with Crippen molar-refractivity contribution in [2.45, 2.75) is 0 Å². The van der Waals surface area contributed by atoms with Crippen LogP contribution in [0.1, 0.15) is 0 Å². The van der Waals surface area contributed by atoms with Gasteiger partial charge in [0.1, 0.15) is 0 Å². The Hall–Kier alpha value is -3.04. The minimum Gasteiger partial charge on any atom is -0.208 e. The average molecular weight is 344 g/mol. The van der Waals surface area contributed by atoms with Gasteiger partial charge in [-0.25, -0.2) is 15.0 Å². The van der Waals surface area contributed by atoms with Crippen molar-refractivity contribution in [2.24, 2.45) is 0 Å². The third-order valence-corrected chi connectivity index (χ3v) is 4.02. The van der Waals surface area contributed by atoms with E-state index in [9.17, 15) is 0 Å². The van der Waals surface area contributed by atoms with Crippen molar-refractivity contribution >= 4 is 11.6 Å². The minimum absolute atomic E-state index is 0.607. The molecule has 0 unspecified atom stereocenters. The van der Waals surface area contributed by atoms with Crippen LogP contribution in [0.3, 0.4) is 0 Å². The molecule has 0 aliphatic heterocycles. The molecule has 25 heavy (non-hydrogen) atoms. The second-order valence-corrected chi connectivity index (χ2v) is 5.99. The summed E-state index contributed by atoms with van der Waals surface area (Å²) in [6.07, 6.45) is 0. The predicted octanol–water partition coefficient (Wildman–Crippen LogP) is 5.53. The fourth-order valence-electron chi connectivity index (χ4n) is 2.57. The van der Waals surface area contributed by atoms with E-state index in [2.05, 4.69) is 15.0 Å². The summed E-state index contributed by atoms with van der Waals surface area (Å²) in [4.78, 5) is 14.0. The number of aromatic nitrogens is 3. The van der Waals surface area contributed by atoms with E-state index >= 15 is 0 Å². The molecule has 0 N–H and O–H groups in total. The Morgan fingerprint density at radius 1 is 0.480 bits per heavy atom. The predicted molar refractivity (Wildman–Crippen MR) is 101 cm³/mol. The first kappa shape index (κ1) is 15.5. The van der Waals surface area contributed by atoms with E-state index in [1.54, 1.807) is 0 Å². The molecule has 0 aliphatic rings. The lowest BCUT2D eigenvalue weighted by molar-refractivity contribution is 1.07. The monoisotopic (exact) mass is 343 g/mol. The highest BCUT2D eigenvalue weighted by molar-refractivity contribution is 6.30. The van der Waals surface area contributed by atoms with Crippen LogP contribution < -0.4 is 0 Å². The van der Waals surface area contributed by atoms with E-state index in [0.29, 0.717) is 22.5 Å². The first-order chi connectivity index (χ1) is 12.3. The summed E-state index contributed by atoms with van der Waals surface area (Å²) >= 11 is 6.14. The molecule has 120 valence electrons. The van der Waals surface area contributed by atoms with Crippen molar-refractivity contribution < 1.29 is 0 Å². The normalized spacial score (nSPS) is 10.6. The van der Waals surface area contributed by atoms with Gasteiger partial charge in [0.25, 0.3) is 0 Å². The first-order valence-corrected chi connectivity index (χ1v) is 8.30. The molecular weight excluding hydrogens is 330 g/mol. The summed E-state index contributed by atoms with van der Waals surface area (Å²) in [6, 6.07) is 27.3. The van der Waals surface area contributed by atoms with Crippen molar-refractivity contribution in [3.63, 3.8) is 0 Å². The zero-order valence-corrected chi connectivity index (χ0v) is 14.1. The average Bonchev–Trinajstić information content (AvgIpc) is 2.69. The van der Waals surface area contributed by atoms with Gasteiger partial charge in [0.2, 0.25) is 0 Å². The molecule has 0 radical (unpaired) electrons. The first-order valence-electron chi connectivity index (χ1n) is 7.92. The van der Waals surface area contributed by atoms with Crippen LogP contribution in [-0.4, -0.2) is 15.0 Å². The van der Waals surface area contributed by atoms with Crippen LogP contribution in [-0.2, 0) is 0 Å². The minimum atomic E-state index is 0.607. The van der Waals surface area contributed by atoms with E-state index < -0.39 is 0 Å². The van der Waals surface area contributed by atoms with Crippen LogP contribution in [0.2, 0.25) is 5.02 Å². The molecule has 1 aromatic heterocycles. The molecule has 0 amide bonds. The highest BCUT2D eigenvalue weighted by Gasteiger charge is 2.11. The summed E-state index contributed by atoms with van der Waals surface area (Å²) in [5.74, 6) is 1.89. The Morgan fingerprint density at radius 2 is 0.920 bits per heavy atom. The van der Waals surface area contributed by atoms with Gasteiger partial charge in [-0.15, -0.1) is 0 Å². The van der Waals surface area contributed by atoms with Gasteiger partial charge in [-0.2, -0.15) is 0 Å². The third-order valence-electron chi connectivity index (χ3n) is 3.78. The number of nitrogens with zero attached hydrogens (tertiary/aromatic N) is 3. The van der Waals surface area contributed by atoms with E-state index in [-0.39, 0.29) is 0 Å². The number of hydrogen-bond acceptors (Lipinski definition) is 3. The second kappa shape index (κ2) is 6.83. The Balaban J connectivity index is 1.92. The largest absolute Gasteiger partial charge is 0.208 e. The molecule has 0 aliphatic carbocycles. The molecule has 0 saturated carbocycles. The van der Waals surface area contributed by atoms with Gasteiger partial charge in [-0.05, 0) is 12.1 Å². The molecule has 0 atom stereocenters. The Morgan fingerprint density at radius 3 is 1.40 bits per heavy atom. The highest BCUT2D eigenvalue weighted by Crippen LogP contribution is 2.25. The number of hydrogen-bond donors (Lipinski definition) is 0. The lowest BCUT2D eigenvalue weighted by Crippen LogP contribution is -2.00. The topological polar surface area (TPSA) is 38.7 Å². The summed E-state index contributed by atoms with van der Waals surface area (Å²) in [6.45, 7) is 0. The van der Waals surface area contributed by atoms with Gasteiger partial charge in [-0.1, -0.05) is 84.4 Å². The van der Waals surface area contributed by atoms with Gasteiger partial charge >= 0.3 is 0 Å². The summed E-state index contributed by atoms with van der Waals surface area (Å²) in [7, 11) is 0. The van der Waals surface area contributed by atoms with Crippen molar-refractivity contribution in [1.29, 1.82) is 0 Å². The van der Waals surface area contributed by atoms with E-state index in [0.717, 1.165) is 16.7 Å². The third kappa shape index (κ3) is 3.42. The fraction of sp³-hybridized carbons (Fsp3) is 0. The SMILES string of the molecule is Clc1cccc(-c2nc(-c3ccccc3)nc(-c3ccccc3)n2)c1. The lowest BCUT2D eigenvalue weighted by atomic mass is 10.1. The molecule has 4 heteroatoms. The smallest absolute Gasteiger partial charge is 0.164 e. The van der Waals surface area contributed by atoms with Crippen LogP contribution in [0.5, 0.6) is 0 Å². The van der Waals surface area contributed by atoms with Gasteiger partial charge < -0.3 is 0 Å². The Kier molecular flexibility index (Phi) is 4.23. The molecule has 0 spiro atoms. The summed E-state index contributed by atoms with van der Waals surface area (Å²) in [5, 5.41) is 0.653. The Labute approximate surface area is 151 Å². The van der Waals surface area contributed by atoms with E-state index in [1.165, 1.54) is 0 Å². The molecule has 0 fully saturated rings. The fourth-order valence-corrected chi connectivity index (χ4v) is 2.76. The maximum atomic E-state index is 6.14. The van der Waals surface area contributed by atoms with Crippen molar-refractivity contribution in [2.75, 3.05) is 0 Å². The summed E-state index contributed by atoms with van der Waals surface area (Å²) < 4.78 is 0. The van der Waals surface area contributed by atoms with Crippen LogP contribution in [0.4, 0.5) is 0 Å². The molecular formula is C21H14ClN3. The Bertz CT molecular complexity index is 944. The highest BCUT2D eigenvalue weighted by atomic mass is 35.5. The second-order valence-electron chi connectivity index (χ2n) is 5.55. The molecule has 4 rings (SSSR count). The van der Waals surface area contributed by atoms with Gasteiger partial charge in [0, 0.05) is 21.7 Å². The molecule has 0 saturated heterocycles.